The zero-order valence-corrected chi connectivity index (χ0v) is 9.78. The standard InChI is InChI=1S/C12H17NO3/c1-8-4-9(2)6-10(5-8)16-7-11(13-3)12(14)15/h4-6,11,13H,7H2,1-3H3,(H,14,15). The highest BCUT2D eigenvalue weighted by molar-refractivity contribution is 5.73. The van der Waals surface area contributed by atoms with E-state index in [9.17, 15) is 4.79 Å². The van der Waals surface area contributed by atoms with Gasteiger partial charge in [0.1, 0.15) is 18.4 Å². The summed E-state index contributed by atoms with van der Waals surface area (Å²) < 4.78 is 5.44. The molecule has 0 fully saturated rings. The summed E-state index contributed by atoms with van der Waals surface area (Å²) in [5.74, 6) is -0.203. The first-order valence-corrected chi connectivity index (χ1v) is 5.14. The summed E-state index contributed by atoms with van der Waals surface area (Å²) in [4.78, 5) is 10.7. The van der Waals surface area contributed by atoms with Crippen LogP contribution in [0.3, 0.4) is 0 Å². The smallest absolute Gasteiger partial charge is 0.324 e. The molecule has 0 spiro atoms. The Bertz CT molecular complexity index is 356. The maximum Gasteiger partial charge on any atom is 0.324 e. The van der Waals surface area contributed by atoms with Gasteiger partial charge in [-0.25, -0.2) is 0 Å². The van der Waals surface area contributed by atoms with Gasteiger partial charge in [0, 0.05) is 0 Å². The van der Waals surface area contributed by atoms with Gasteiger partial charge in [-0.1, -0.05) is 6.07 Å². The molecule has 0 aliphatic heterocycles. The van der Waals surface area contributed by atoms with Gasteiger partial charge < -0.3 is 15.2 Å². The van der Waals surface area contributed by atoms with Crippen LogP contribution in [0, 0.1) is 13.8 Å². The van der Waals surface area contributed by atoms with Crippen LogP contribution in [0.1, 0.15) is 11.1 Å². The van der Waals surface area contributed by atoms with Crippen molar-refractivity contribution in [1.82, 2.24) is 5.32 Å². The Morgan fingerprint density at radius 1 is 1.38 bits per heavy atom. The van der Waals surface area contributed by atoms with Crippen LogP contribution in [0.25, 0.3) is 0 Å². The maximum absolute atomic E-state index is 10.7. The number of aliphatic carboxylic acids is 1. The van der Waals surface area contributed by atoms with E-state index in [0.29, 0.717) is 5.75 Å². The Labute approximate surface area is 95.2 Å². The molecule has 0 aromatic heterocycles. The number of likely N-dealkylation sites (N-methyl/N-ethyl adjacent to an activating group) is 1. The van der Waals surface area contributed by atoms with Gasteiger partial charge >= 0.3 is 5.97 Å². The maximum atomic E-state index is 10.7. The molecule has 4 heteroatoms. The third-order valence-corrected chi connectivity index (χ3v) is 2.26. The first kappa shape index (κ1) is 12.5. The highest BCUT2D eigenvalue weighted by Gasteiger charge is 2.15. The number of aryl methyl sites for hydroxylation is 2. The molecule has 1 aromatic carbocycles. The van der Waals surface area contributed by atoms with Crippen molar-refractivity contribution in [2.45, 2.75) is 19.9 Å². The monoisotopic (exact) mass is 223 g/mol. The fourth-order valence-electron chi connectivity index (χ4n) is 1.47. The first-order chi connectivity index (χ1) is 7.52. The number of carboxylic acids is 1. The van der Waals surface area contributed by atoms with Crippen LogP contribution in [-0.4, -0.2) is 30.8 Å². The average Bonchev–Trinajstić information content (AvgIpc) is 2.16. The van der Waals surface area contributed by atoms with Gasteiger partial charge in [-0.15, -0.1) is 0 Å². The Kier molecular flexibility index (Phi) is 4.31. The fourth-order valence-corrected chi connectivity index (χ4v) is 1.47. The van der Waals surface area contributed by atoms with E-state index >= 15 is 0 Å². The quantitative estimate of drug-likeness (QED) is 0.791. The minimum atomic E-state index is -0.910. The van der Waals surface area contributed by atoms with Crippen molar-refractivity contribution >= 4 is 5.97 Å². The lowest BCUT2D eigenvalue weighted by Gasteiger charge is -2.13. The van der Waals surface area contributed by atoms with Gasteiger partial charge in [0.15, 0.2) is 0 Å². The van der Waals surface area contributed by atoms with Gasteiger partial charge in [-0.05, 0) is 44.2 Å². The van der Waals surface area contributed by atoms with E-state index in [2.05, 4.69) is 5.32 Å². The molecule has 0 aliphatic rings. The molecule has 0 saturated heterocycles. The van der Waals surface area contributed by atoms with Crippen LogP contribution >= 0.6 is 0 Å². The second kappa shape index (κ2) is 5.51. The highest BCUT2D eigenvalue weighted by atomic mass is 16.5. The molecule has 0 radical (unpaired) electrons. The Morgan fingerprint density at radius 3 is 2.38 bits per heavy atom. The van der Waals surface area contributed by atoms with E-state index in [1.165, 1.54) is 0 Å². The molecule has 88 valence electrons. The minimum absolute atomic E-state index is 0.120. The number of ether oxygens (including phenoxy) is 1. The Morgan fingerprint density at radius 2 is 1.94 bits per heavy atom. The molecular formula is C12H17NO3. The zero-order valence-electron chi connectivity index (χ0n) is 9.78. The molecule has 0 saturated carbocycles. The number of rotatable bonds is 5. The van der Waals surface area contributed by atoms with Crippen LogP contribution in [0.2, 0.25) is 0 Å². The Hall–Kier alpha value is -1.55. The predicted molar refractivity (Wildman–Crippen MR) is 61.9 cm³/mol. The predicted octanol–water partition coefficient (Wildman–Crippen LogP) is 1.35. The minimum Gasteiger partial charge on any atom is -0.491 e. The number of carbonyl (C=O) groups is 1. The SMILES string of the molecule is CNC(COc1cc(C)cc(C)c1)C(=O)O. The molecule has 0 bridgehead atoms. The zero-order chi connectivity index (χ0) is 12.1. The van der Waals surface area contributed by atoms with E-state index in [0.717, 1.165) is 11.1 Å². The number of nitrogens with one attached hydrogen (secondary N) is 1. The summed E-state index contributed by atoms with van der Waals surface area (Å²) in [6, 6.07) is 5.14. The van der Waals surface area contributed by atoms with Crippen LogP contribution in [0.4, 0.5) is 0 Å². The summed E-state index contributed by atoms with van der Waals surface area (Å²) in [6.45, 7) is 4.08. The van der Waals surface area contributed by atoms with Crippen molar-refractivity contribution < 1.29 is 14.6 Å². The van der Waals surface area contributed by atoms with E-state index in [4.69, 9.17) is 9.84 Å². The third kappa shape index (κ3) is 3.55. The van der Waals surface area contributed by atoms with E-state index in [-0.39, 0.29) is 6.61 Å². The van der Waals surface area contributed by atoms with E-state index in [1.807, 2.05) is 32.0 Å². The molecule has 16 heavy (non-hydrogen) atoms. The second-order valence-corrected chi connectivity index (χ2v) is 3.81. The van der Waals surface area contributed by atoms with E-state index < -0.39 is 12.0 Å². The van der Waals surface area contributed by atoms with Crippen LogP contribution in [0.5, 0.6) is 5.75 Å². The molecule has 1 aromatic rings. The van der Waals surface area contributed by atoms with Crippen LogP contribution in [0.15, 0.2) is 18.2 Å². The number of hydrogen-bond donors (Lipinski definition) is 2. The van der Waals surface area contributed by atoms with Gasteiger partial charge in [0.05, 0.1) is 0 Å². The topological polar surface area (TPSA) is 58.6 Å². The van der Waals surface area contributed by atoms with Crippen LogP contribution < -0.4 is 10.1 Å². The molecule has 1 rings (SSSR count). The van der Waals surface area contributed by atoms with Gasteiger partial charge in [0.2, 0.25) is 0 Å². The third-order valence-electron chi connectivity index (χ3n) is 2.26. The normalized spacial score (nSPS) is 12.2. The molecular weight excluding hydrogens is 206 g/mol. The molecule has 2 N–H and O–H groups in total. The summed E-state index contributed by atoms with van der Waals surface area (Å²) in [5, 5.41) is 11.5. The van der Waals surface area contributed by atoms with Crippen molar-refractivity contribution in [3.63, 3.8) is 0 Å². The molecule has 0 aliphatic carbocycles. The number of hydrogen-bond acceptors (Lipinski definition) is 3. The van der Waals surface area contributed by atoms with E-state index in [1.54, 1.807) is 7.05 Å². The summed E-state index contributed by atoms with van der Waals surface area (Å²) >= 11 is 0. The van der Waals surface area contributed by atoms with Crippen molar-refractivity contribution in [3.8, 4) is 5.75 Å². The largest absolute Gasteiger partial charge is 0.491 e. The number of benzene rings is 1. The lowest BCUT2D eigenvalue weighted by molar-refractivity contribution is -0.140. The van der Waals surface area contributed by atoms with Gasteiger partial charge in [0.25, 0.3) is 0 Å². The van der Waals surface area contributed by atoms with Gasteiger partial charge in [-0.2, -0.15) is 0 Å². The average molecular weight is 223 g/mol. The second-order valence-electron chi connectivity index (χ2n) is 3.81. The molecule has 1 atom stereocenters. The fraction of sp³-hybridized carbons (Fsp3) is 0.417. The van der Waals surface area contributed by atoms with Crippen molar-refractivity contribution in [3.05, 3.63) is 29.3 Å². The highest BCUT2D eigenvalue weighted by Crippen LogP contribution is 2.16. The van der Waals surface area contributed by atoms with Gasteiger partial charge in [-0.3, -0.25) is 4.79 Å². The summed E-state index contributed by atoms with van der Waals surface area (Å²) in [5.41, 5.74) is 2.21. The summed E-state index contributed by atoms with van der Waals surface area (Å²) in [6.07, 6.45) is 0. The van der Waals surface area contributed by atoms with Crippen molar-refractivity contribution in [2.75, 3.05) is 13.7 Å². The molecule has 0 heterocycles. The van der Waals surface area contributed by atoms with Crippen molar-refractivity contribution in [1.29, 1.82) is 0 Å². The molecule has 0 amide bonds. The molecule has 1 unspecified atom stereocenters. The lowest BCUT2D eigenvalue weighted by Crippen LogP contribution is -2.39. The number of carboxylic acid groups (broad SMARTS) is 1. The lowest BCUT2D eigenvalue weighted by atomic mass is 10.1. The van der Waals surface area contributed by atoms with Crippen molar-refractivity contribution in [2.24, 2.45) is 0 Å². The Balaban J connectivity index is 2.63. The van der Waals surface area contributed by atoms with Crippen LogP contribution in [-0.2, 0) is 4.79 Å². The molecule has 4 nitrogen and oxygen atoms in total. The first-order valence-electron chi connectivity index (χ1n) is 5.14. The summed E-state index contributed by atoms with van der Waals surface area (Å²) in [7, 11) is 1.60.